The molecule has 1 heterocycles. The van der Waals surface area contributed by atoms with Crippen molar-refractivity contribution in [3.63, 3.8) is 0 Å². The van der Waals surface area contributed by atoms with Gasteiger partial charge in [0.1, 0.15) is 22.8 Å². The molecule has 37 heavy (non-hydrogen) atoms. The van der Waals surface area contributed by atoms with Crippen LogP contribution in [0, 0.1) is 24.4 Å². The summed E-state index contributed by atoms with van der Waals surface area (Å²) in [6, 6.07) is 25.0. The Morgan fingerprint density at radius 1 is 0.838 bits per heavy atom. The summed E-state index contributed by atoms with van der Waals surface area (Å²) in [7, 11) is 0. The van der Waals surface area contributed by atoms with Crippen LogP contribution in [-0.2, 0) is 13.1 Å². The van der Waals surface area contributed by atoms with E-state index < -0.39 is 29.2 Å². The average molecular weight is 501 g/mol. The maximum Gasteiger partial charge on any atom is 0.322 e. The van der Waals surface area contributed by atoms with Crippen LogP contribution in [0.2, 0.25) is 0 Å². The minimum atomic E-state index is -1.20. The van der Waals surface area contributed by atoms with E-state index in [9.17, 15) is 18.0 Å². The number of benzene rings is 4. The molecule has 5 aromatic rings. The van der Waals surface area contributed by atoms with E-state index in [2.05, 4.69) is 5.32 Å². The summed E-state index contributed by atoms with van der Waals surface area (Å²) in [5.41, 5.74) is 3.56. The van der Waals surface area contributed by atoms with Gasteiger partial charge in [0.05, 0.1) is 6.54 Å². The molecule has 0 aliphatic carbocycles. The summed E-state index contributed by atoms with van der Waals surface area (Å²) in [5.74, 6) is -2.94. The zero-order valence-electron chi connectivity index (χ0n) is 20.0. The van der Waals surface area contributed by atoms with Gasteiger partial charge in [-0.05, 0) is 30.2 Å². The Hall–Kier alpha value is -4.52. The van der Waals surface area contributed by atoms with Crippen molar-refractivity contribution in [1.82, 2.24) is 4.90 Å². The second-order valence-electron chi connectivity index (χ2n) is 8.78. The van der Waals surface area contributed by atoms with Crippen LogP contribution in [0.15, 0.2) is 95.4 Å². The normalized spacial score (nSPS) is 11.0. The van der Waals surface area contributed by atoms with E-state index in [1.54, 1.807) is 0 Å². The number of nitrogens with zero attached hydrogens (tertiary/aromatic N) is 1. The van der Waals surface area contributed by atoms with E-state index in [4.69, 9.17) is 4.42 Å². The number of aryl methyl sites for hydroxylation is 1. The lowest BCUT2D eigenvalue weighted by molar-refractivity contribution is 0.201. The molecule has 1 aromatic heterocycles. The standard InChI is InChI=1S/C30H23F3N2O2/c1-19-12-13-26-23(14-19)28(21-10-6-3-7-11-21)27(37-26)18-35(17-20-8-4-2-5-9-20)30(36)34-29-24(32)15-22(31)16-25(29)33/h2-16H,17-18H2,1H3,(H,34,36). The maximum atomic E-state index is 14.3. The van der Waals surface area contributed by atoms with Gasteiger partial charge in [0.25, 0.3) is 0 Å². The van der Waals surface area contributed by atoms with Crippen LogP contribution in [-0.4, -0.2) is 10.9 Å². The van der Waals surface area contributed by atoms with Crippen LogP contribution in [0.1, 0.15) is 16.9 Å². The van der Waals surface area contributed by atoms with Gasteiger partial charge in [0, 0.05) is 29.6 Å². The number of hydrogen-bond acceptors (Lipinski definition) is 2. The Balaban J connectivity index is 1.56. The van der Waals surface area contributed by atoms with Crippen molar-refractivity contribution in [3.05, 3.63) is 125 Å². The molecule has 0 aliphatic rings. The third-order valence-corrected chi connectivity index (χ3v) is 6.06. The van der Waals surface area contributed by atoms with Gasteiger partial charge < -0.3 is 14.6 Å². The highest BCUT2D eigenvalue weighted by molar-refractivity contribution is 5.96. The number of halogens is 3. The van der Waals surface area contributed by atoms with E-state index in [0.717, 1.165) is 27.6 Å². The number of carbonyl (C=O) groups excluding carboxylic acids is 1. The number of anilines is 1. The Morgan fingerprint density at radius 3 is 2.16 bits per heavy atom. The van der Waals surface area contributed by atoms with Crippen molar-refractivity contribution >= 4 is 22.7 Å². The van der Waals surface area contributed by atoms with E-state index in [-0.39, 0.29) is 13.1 Å². The van der Waals surface area contributed by atoms with Gasteiger partial charge in [-0.15, -0.1) is 0 Å². The highest BCUT2D eigenvalue weighted by Crippen LogP contribution is 2.36. The second kappa shape index (κ2) is 10.2. The fourth-order valence-corrected chi connectivity index (χ4v) is 4.32. The number of hydrogen-bond donors (Lipinski definition) is 1. The van der Waals surface area contributed by atoms with E-state index in [0.29, 0.717) is 23.5 Å². The first kappa shape index (κ1) is 24.2. The zero-order valence-corrected chi connectivity index (χ0v) is 20.0. The van der Waals surface area contributed by atoms with Gasteiger partial charge in [0.15, 0.2) is 11.6 Å². The van der Waals surface area contributed by atoms with Crippen molar-refractivity contribution < 1.29 is 22.4 Å². The molecule has 0 unspecified atom stereocenters. The average Bonchev–Trinajstić information content (AvgIpc) is 3.23. The number of nitrogens with one attached hydrogen (secondary N) is 1. The summed E-state index contributed by atoms with van der Waals surface area (Å²) < 4.78 is 48.3. The minimum Gasteiger partial charge on any atom is -0.459 e. The van der Waals surface area contributed by atoms with Gasteiger partial charge in [-0.1, -0.05) is 72.3 Å². The fraction of sp³-hybridized carbons (Fsp3) is 0.100. The van der Waals surface area contributed by atoms with Gasteiger partial charge in [-0.25, -0.2) is 18.0 Å². The van der Waals surface area contributed by atoms with Crippen LogP contribution in [0.25, 0.3) is 22.1 Å². The summed E-state index contributed by atoms with van der Waals surface area (Å²) in [6.45, 7) is 2.15. The molecular weight excluding hydrogens is 477 g/mol. The Morgan fingerprint density at radius 2 is 1.49 bits per heavy atom. The first-order valence-corrected chi connectivity index (χ1v) is 11.7. The lowest BCUT2D eigenvalue weighted by Gasteiger charge is -2.23. The predicted octanol–water partition coefficient (Wildman–Crippen LogP) is 8.06. The topological polar surface area (TPSA) is 45.5 Å². The van der Waals surface area contributed by atoms with Gasteiger partial charge in [0.2, 0.25) is 0 Å². The molecule has 186 valence electrons. The van der Waals surface area contributed by atoms with Crippen LogP contribution < -0.4 is 5.32 Å². The summed E-state index contributed by atoms with van der Waals surface area (Å²) in [6.07, 6.45) is 0. The number of urea groups is 1. The second-order valence-corrected chi connectivity index (χ2v) is 8.78. The lowest BCUT2D eigenvalue weighted by atomic mass is 10.0. The van der Waals surface area contributed by atoms with E-state index in [1.165, 1.54) is 4.90 Å². The highest BCUT2D eigenvalue weighted by atomic mass is 19.1. The molecule has 0 radical (unpaired) electrons. The molecule has 4 nitrogen and oxygen atoms in total. The zero-order chi connectivity index (χ0) is 25.9. The summed E-state index contributed by atoms with van der Waals surface area (Å²) in [4.78, 5) is 14.8. The molecule has 0 fully saturated rings. The molecule has 0 saturated heterocycles. The summed E-state index contributed by atoms with van der Waals surface area (Å²) in [5, 5.41) is 3.18. The first-order valence-electron chi connectivity index (χ1n) is 11.7. The molecule has 0 spiro atoms. The monoisotopic (exact) mass is 500 g/mol. The number of carbonyl (C=O) groups is 1. The van der Waals surface area contributed by atoms with Crippen LogP contribution in [0.3, 0.4) is 0 Å². The van der Waals surface area contributed by atoms with Crippen LogP contribution >= 0.6 is 0 Å². The van der Waals surface area contributed by atoms with Crippen molar-refractivity contribution in [2.75, 3.05) is 5.32 Å². The number of rotatable bonds is 6. The van der Waals surface area contributed by atoms with Crippen molar-refractivity contribution in [1.29, 1.82) is 0 Å². The minimum absolute atomic E-state index is 0.0170. The Labute approximate surface area is 212 Å². The third-order valence-electron chi connectivity index (χ3n) is 6.06. The largest absolute Gasteiger partial charge is 0.459 e. The number of fused-ring (bicyclic) bond motifs is 1. The molecule has 5 rings (SSSR count). The molecule has 7 heteroatoms. The molecule has 0 aliphatic heterocycles. The Bertz CT molecular complexity index is 1540. The first-order chi connectivity index (χ1) is 17.9. The van der Waals surface area contributed by atoms with E-state index in [1.807, 2.05) is 85.8 Å². The molecule has 0 atom stereocenters. The maximum absolute atomic E-state index is 14.3. The van der Waals surface area contributed by atoms with Gasteiger partial charge >= 0.3 is 6.03 Å². The molecule has 4 aromatic carbocycles. The highest BCUT2D eigenvalue weighted by Gasteiger charge is 2.24. The van der Waals surface area contributed by atoms with Crippen molar-refractivity contribution in [3.8, 4) is 11.1 Å². The van der Waals surface area contributed by atoms with Crippen molar-refractivity contribution in [2.45, 2.75) is 20.0 Å². The molecule has 2 amide bonds. The van der Waals surface area contributed by atoms with Crippen molar-refractivity contribution in [2.24, 2.45) is 0 Å². The molecule has 0 bridgehead atoms. The third kappa shape index (κ3) is 5.21. The van der Waals surface area contributed by atoms with Crippen LogP contribution in [0.4, 0.5) is 23.7 Å². The van der Waals surface area contributed by atoms with E-state index >= 15 is 0 Å². The number of amides is 2. The summed E-state index contributed by atoms with van der Waals surface area (Å²) >= 11 is 0. The predicted molar refractivity (Wildman–Crippen MR) is 137 cm³/mol. The van der Waals surface area contributed by atoms with Crippen LogP contribution in [0.5, 0.6) is 0 Å². The van der Waals surface area contributed by atoms with Gasteiger partial charge in [-0.3, -0.25) is 0 Å². The fourth-order valence-electron chi connectivity index (χ4n) is 4.32. The quantitative estimate of drug-likeness (QED) is 0.256. The Kier molecular flexibility index (Phi) is 6.68. The molecule has 1 N–H and O–H groups in total. The molecule has 0 saturated carbocycles. The SMILES string of the molecule is Cc1ccc2oc(CN(Cc3ccccc3)C(=O)Nc3c(F)cc(F)cc3F)c(-c3ccccc3)c2c1. The molecular formula is C30H23F3N2O2. The van der Waals surface area contributed by atoms with Gasteiger partial charge in [-0.2, -0.15) is 0 Å². The lowest BCUT2D eigenvalue weighted by Crippen LogP contribution is -2.34. The smallest absolute Gasteiger partial charge is 0.322 e. The number of furan rings is 1.